The van der Waals surface area contributed by atoms with Crippen LogP contribution in [0.5, 0.6) is 0 Å². The van der Waals surface area contributed by atoms with Crippen LogP contribution >= 0.6 is 0 Å². The average Bonchev–Trinajstić information content (AvgIpc) is 2.62. The molecule has 0 bridgehead atoms. The third kappa shape index (κ3) is 1.95. The Kier molecular flexibility index (Phi) is 2.72. The number of hydrogen-bond donors (Lipinski definition) is 1. The van der Waals surface area contributed by atoms with Gasteiger partial charge in [0.25, 0.3) is 5.91 Å². The molecule has 5 nitrogen and oxygen atoms in total. The lowest BCUT2D eigenvalue weighted by molar-refractivity contribution is 0.0669. The fourth-order valence-electron chi connectivity index (χ4n) is 1.28. The summed E-state index contributed by atoms with van der Waals surface area (Å²) >= 11 is 0. The van der Waals surface area contributed by atoms with Gasteiger partial charge >= 0.3 is 6.09 Å². The zero-order valence-electron chi connectivity index (χ0n) is 8.22. The maximum absolute atomic E-state index is 13.1. The average molecular weight is 224 g/mol. The van der Waals surface area contributed by atoms with Gasteiger partial charge in [-0.25, -0.2) is 9.18 Å². The van der Waals surface area contributed by atoms with Gasteiger partial charge in [-0.2, -0.15) is 5.01 Å². The molecule has 1 saturated heterocycles. The van der Waals surface area contributed by atoms with Gasteiger partial charge in [-0.15, -0.1) is 0 Å². The van der Waals surface area contributed by atoms with E-state index in [9.17, 15) is 14.0 Å². The van der Waals surface area contributed by atoms with Crippen molar-refractivity contribution in [2.24, 2.45) is 0 Å². The maximum atomic E-state index is 13.1. The van der Waals surface area contributed by atoms with Crippen LogP contribution < -0.4 is 5.43 Å². The van der Waals surface area contributed by atoms with Gasteiger partial charge in [-0.05, 0) is 12.1 Å². The lowest BCUT2D eigenvalue weighted by atomic mass is 10.2. The van der Waals surface area contributed by atoms with Crippen LogP contribution in [0.2, 0.25) is 0 Å². The Bertz CT molecular complexity index is 410. The largest absolute Gasteiger partial charge is 0.443 e. The van der Waals surface area contributed by atoms with Gasteiger partial charge < -0.3 is 4.74 Å². The molecule has 1 heterocycles. The summed E-state index contributed by atoms with van der Waals surface area (Å²) in [7, 11) is 0. The molecule has 1 unspecified atom stereocenters. The highest BCUT2D eigenvalue weighted by molar-refractivity contribution is 5.95. The molecule has 0 saturated carbocycles. The molecule has 2 amide bonds. The van der Waals surface area contributed by atoms with E-state index in [0.717, 1.165) is 0 Å². The highest BCUT2D eigenvalue weighted by Crippen LogP contribution is 2.10. The molecule has 16 heavy (non-hydrogen) atoms. The SMILES string of the molecule is O=C(NN1C(=O)OCC1F)c1ccccc1. The number of amides is 2. The zero-order chi connectivity index (χ0) is 11.5. The van der Waals surface area contributed by atoms with Crippen molar-refractivity contribution in [3.8, 4) is 0 Å². The molecule has 2 rings (SSSR count). The van der Waals surface area contributed by atoms with Gasteiger partial charge in [0.05, 0.1) is 0 Å². The molecule has 1 aliphatic rings. The Morgan fingerprint density at radius 3 is 2.69 bits per heavy atom. The molecular formula is C10H9FN2O3. The fourth-order valence-corrected chi connectivity index (χ4v) is 1.28. The lowest BCUT2D eigenvalue weighted by Gasteiger charge is -2.16. The summed E-state index contributed by atoms with van der Waals surface area (Å²) < 4.78 is 17.5. The number of nitrogens with one attached hydrogen (secondary N) is 1. The molecule has 0 spiro atoms. The number of nitrogens with zero attached hydrogens (tertiary/aromatic N) is 1. The first-order valence-electron chi connectivity index (χ1n) is 4.64. The Labute approximate surface area is 90.8 Å². The van der Waals surface area contributed by atoms with E-state index in [0.29, 0.717) is 10.6 Å². The van der Waals surface area contributed by atoms with Crippen LogP contribution in [0.1, 0.15) is 10.4 Å². The second-order valence-corrected chi connectivity index (χ2v) is 3.19. The van der Waals surface area contributed by atoms with Crippen molar-refractivity contribution in [2.75, 3.05) is 6.61 Å². The maximum Gasteiger partial charge on any atom is 0.431 e. The van der Waals surface area contributed by atoms with Crippen LogP contribution in [0.4, 0.5) is 9.18 Å². The normalized spacial score (nSPS) is 19.4. The van der Waals surface area contributed by atoms with Gasteiger partial charge in [0.15, 0.2) is 0 Å². The van der Waals surface area contributed by atoms with Gasteiger partial charge in [-0.3, -0.25) is 10.2 Å². The highest BCUT2D eigenvalue weighted by atomic mass is 19.1. The molecule has 1 N–H and O–H groups in total. The smallest absolute Gasteiger partial charge is 0.431 e. The summed E-state index contributed by atoms with van der Waals surface area (Å²) in [6.45, 7) is -0.367. The summed E-state index contributed by atoms with van der Waals surface area (Å²) in [5.74, 6) is -0.554. The quantitative estimate of drug-likeness (QED) is 0.764. The van der Waals surface area contributed by atoms with E-state index in [4.69, 9.17) is 0 Å². The van der Waals surface area contributed by atoms with Gasteiger partial charge in [0.2, 0.25) is 6.30 Å². The van der Waals surface area contributed by atoms with Crippen molar-refractivity contribution in [3.63, 3.8) is 0 Å². The summed E-state index contributed by atoms with van der Waals surface area (Å²) in [6.07, 6.45) is -2.53. The number of rotatable bonds is 2. The van der Waals surface area contributed by atoms with Crippen LogP contribution in [0, 0.1) is 0 Å². The second-order valence-electron chi connectivity index (χ2n) is 3.19. The third-order valence-electron chi connectivity index (χ3n) is 2.08. The topological polar surface area (TPSA) is 58.6 Å². The molecule has 0 radical (unpaired) electrons. The molecule has 1 aromatic rings. The van der Waals surface area contributed by atoms with Crippen LogP contribution in [0.15, 0.2) is 30.3 Å². The monoisotopic (exact) mass is 224 g/mol. The standard InChI is InChI=1S/C10H9FN2O3/c11-8-6-16-10(15)13(8)12-9(14)7-4-2-1-3-5-7/h1-5,8H,6H2,(H,12,14). The first-order valence-corrected chi connectivity index (χ1v) is 4.64. The highest BCUT2D eigenvalue weighted by Gasteiger charge is 2.34. The Hall–Kier alpha value is -2.11. The first-order chi connectivity index (χ1) is 7.68. The minimum absolute atomic E-state index is 0.342. The lowest BCUT2D eigenvalue weighted by Crippen LogP contribution is -2.46. The number of hydrogen-bond acceptors (Lipinski definition) is 3. The molecule has 0 aromatic heterocycles. The molecule has 1 atom stereocenters. The van der Waals surface area contributed by atoms with Gasteiger partial charge in [0.1, 0.15) is 6.61 Å². The summed E-state index contributed by atoms with van der Waals surface area (Å²) in [5.41, 5.74) is 2.48. The molecule has 1 aromatic carbocycles. The number of benzene rings is 1. The molecule has 1 fully saturated rings. The van der Waals surface area contributed by atoms with Crippen LogP contribution in [-0.4, -0.2) is 29.9 Å². The van der Waals surface area contributed by atoms with Gasteiger partial charge in [-0.1, -0.05) is 18.2 Å². The summed E-state index contributed by atoms with van der Waals surface area (Å²) in [4.78, 5) is 22.6. The number of alkyl halides is 1. The number of ether oxygens (including phenoxy) is 1. The second kappa shape index (κ2) is 4.18. The van der Waals surface area contributed by atoms with Crippen LogP contribution in [-0.2, 0) is 4.74 Å². The van der Waals surface area contributed by atoms with E-state index in [-0.39, 0.29) is 6.61 Å². The third-order valence-corrected chi connectivity index (χ3v) is 2.08. The van der Waals surface area contributed by atoms with Gasteiger partial charge in [0, 0.05) is 5.56 Å². The number of cyclic esters (lactones) is 1. The zero-order valence-corrected chi connectivity index (χ0v) is 8.22. The van der Waals surface area contributed by atoms with E-state index in [2.05, 4.69) is 10.2 Å². The van der Waals surface area contributed by atoms with Crippen molar-refractivity contribution >= 4 is 12.0 Å². The fraction of sp³-hybridized carbons (Fsp3) is 0.200. The summed E-state index contributed by atoms with van der Waals surface area (Å²) in [5, 5.41) is 0.537. The molecule has 6 heteroatoms. The van der Waals surface area contributed by atoms with E-state index in [1.807, 2.05) is 0 Å². The number of carbonyl (C=O) groups excluding carboxylic acids is 2. The number of halogens is 1. The number of carbonyl (C=O) groups is 2. The van der Waals surface area contributed by atoms with Crippen molar-refractivity contribution in [1.82, 2.24) is 10.4 Å². The Morgan fingerprint density at radius 2 is 2.12 bits per heavy atom. The molecule has 0 aliphatic carbocycles. The predicted molar refractivity (Wildman–Crippen MR) is 52.0 cm³/mol. The van der Waals surface area contributed by atoms with Crippen LogP contribution in [0.3, 0.4) is 0 Å². The minimum atomic E-state index is -1.64. The van der Waals surface area contributed by atoms with Crippen molar-refractivity contribution in [2.45, 2.75) is 6.30 Å². The van der Waals surface area contributed by atoms with E-state index in [1.54, 1.807) is 30.3 Å². The van der Waals surface area contributed by atoms with E-state index in [1.165, 1.54) is 0 Å². The minimum Gasteiger partial charge on any atom is -0.443 e. The van der Waals surface area contributed by atoms with E-state index >= 15 is 0 Å². The van der Waals surface area contributed by atoms with Crippen molar-refractivity contribution in [3.05, 3.63) is 35.9 Å². The predicted octanol–water partition coefficient (Wildman–Crippen LogP) is 1.08. The first kappa shape index (κ1) is 10.4. The molecular weight excluding hydrogens is 215 g/mol. The molecule has 1 aliphatic heterocycles. The number of hydrazine groups is 1. The van der Waals surface area contributed by atoms with Crippen LogP contribution in [0.25, 0.3) is 0 Å². The summed E-state index contributed by atoms with van der Waals surface area (Å²) in [6, 6.07) is 8.21. The van der Waals surface area contributed by atoms with Crippen molar-refractivity contribution in [1.29, 1.82) is 0 Å². The molecule has 84 valence electrons. The van der Waals surface area contributed by atoms with E-state index < -0.39 is 18.3 Å². The Balaban J connectivity index is 2.05. The van der Waals surface area contributed by atoms with Crippen molar-refractivity contribution < 1.29 is 18.7 Å². The Morgan fingerprint density at radius 1 is 1.44 bits per heavy atom.